The molecule has 42 heavy (non-hydrogen) atoms. The molecule has 2 N–H and O–H groups in total. The van der Waals surface area contributed by atoms with Crippen LogP contribution in [0.2, 0.25) is 0 Å². The van der Waals surface area contributed by atoms with E-state index in [0.717, 1.165) is 14.6 Å². The smallest absolute Gasteiger partial charge is 0.250 e. The van der Waals surface area contributed by atoms with Crippen LogP contribution in [-0.2, 0) is 33.2 Å². The lowest BCUT2D eigenvalue weighted by atomic mass is 10.2. The number of halogens is 1. The Morgan fingerprint density at radius 1 is 0.833 bits per heavy atom. The highest BCUT2D eigenvalue weighted by molar-refractivity contribution is 14.1. The van der Waals surface area contributed by atoms with Crippen molar-refractivity contribution in [1.82, 2.24) is 9.97 Å². The average Bonchev–Trinajstić information content (AvgIpc) is 2.97. The van der Waals surface area contributed by atoms with Crippen LogP contribution < -0.4 is 15.4 Å². The van der Waals surface area contributed by atoms with Crippen molar-refractivity contribution in [2.75, 3.05) is 97.0 Å². The van der Waals surface area contributed by atoms with E-state index in [1.165, 1.54) is 13.4 Å². The standard InChI is InChI=1S/C29H39IN4O8/c1-3-37-7-8-38-9-10-39-11-12-40-13-14-41-15-16-42-27-19-25-24(18-26(27)34-28(35)20-36-2)29(32-21-31-25)33-23-6-4-5-22(30)17-23/h4-6,17-19,21H,3,7-16,20H2,1-2H3,(H,34,35)(H,31,32,33). The van der Waals surface area contributed by atoms with E-state index in [-0.39, 0.29) is 19.1 Å². The first-order valence-electron chi connectivity index (χ1n) is 13.7. The molecule has 0 saturated heterocycles. The lowest BCUT2D eigenvalue weighted by Gasteiger charge is -2.15. The van der Waals surface area contributed by atoms with Gasteiger partial charge in [-0.3, -0.25) is 4.79 Å². The first-order valence-corrected chi connectivity index (χ1v) is 14.8. The minimum atomic E-state index is -0.308. The largest absolute Gasteiger partial charge is 0.489 e. The van der Waals surface area contributed by atoms with Gasteiger partial charge in [0.25, 0.3) is 0 Å². The maximum atomic E-state index is 12.3. The lowest BCUT2D eigenvalue weighted by molar-refractivity contribution is -0.119. The van der Waals surface area contributed by atoms with E-state index in [9.17, 15) is 4.79 Å². The Bertz CT molecular complexity index is 1220. The van der Waals surface area contributed by atoms with Crippen LogP contribution in [0.3, 0.4) is 0 Å². The zero-order chi connectivity index (χ0) is 29.8. The predicted molar refractivity (Wildman–Crippen MR) is 168 cm³/mol. The van der Waals surface area contributed by atoms with Gasteiger partial charge >= 0.3 is 0 Å². The third kappa shape index (κ3) is 12.7. The van der Waals surface area contributed by atoms with Crippen molar-refractivity contribution >= 4 is 56.6 Å². The number of methoxy groups -OCH3 is 1. The molecule has 0 saturated carbocycles. The van der Waals surface area contributed by atoms with Crippen molar-refractivity contribution < 1.29 is 38.0 Å². The number of amides is 1. The number of hydrogen-bond donors (Lipinski definition) is 2. The van der Waals surface area contributed by atoms with Gasteiger partial charge in [-0.2, -0.15) is 0 Å². The minimum absolute atomic E-state index is 0.0905. The monoisotopic (exact) mass is 698 g/mol. The lowest BCUT2D eigenvalue weighted by Crippen LogP contribution is -2.18. The van der Waals surface area contributed by atoms with Gasteiger partial charge < -0.3 is 43.8 Å². The summed E-state index contributed by atoms with van der Waals surface area (Å²) in [6, 6.07) is 11.5. The van der Waals surface area contributed by atoms with Crippen LogP contribution in [0, 0.1) is 3.57 Å². The third-order valence-electron chi connectivity index (χ3n) is 5.55. The number of nitrogens with one attached hydrogen (secondary N) is 2. The second-order valence-corrected chi connectivity index (χ2v) is 9.94. The molecule has 1 amide bonds. The molecular formula is C29H39IN4O8. The molecule has 0 fully saturated rings. The Morgan fingerprint density at radius 3 is 2.10 bits per heavy atom. The summed E-state index contributed by atoms with van der Waals surface area (Å²) in [6.07, 6.45) is 1.48. The molecule has 0 atom stereocenters. The van der Waals surface area contributed by atoms with Gasteiger partial charge in [-0.15, -0.1) is 0 Å². The molecule has 2 aromatic carbocycles. The Kier molecular flexibility index (Phi) is 16.3. The summed E-state index contributed by atoms with van der Waals surface area (Å²) in [5.41, 5.74) is 2.03. The molecule has 1 aromatic heterocycles. The van der Waals surface area contributed by atoms with Gasteiger partial charge in [0.05, 0.1) is 70.7 Å². The van der Waals surface area contributed by atoms with E-state index >= 15 is 0 Å². The van der Waals surface area contributed by atoms with Crippen molar-refractivity contribution in [3.8, 4) is 5.75 Å². The van der Waals surface area contributed by atoms with Crippen LogP contribution in [-0.4, -0.2) is 102 Å². The number of carbonyl (C=O) groups excluding carboxylic acids is 1. The summed E-state index contributed by atoms with van der Waals surface area (Å²) in [5.74, 6) is 0.761. The number of fused-ring (bicyclic) bond motifs is 1. The fraction of sp³-hybridized carbons (Fsp3) is 0.483. The highest BCUT2D eigenvalue weighted by Crippen LogP contribution is 2.33. The van der Waals surface area contributed by atoms with Gasteiger partial charge in [-0.1, -0.05) is 6.07 Å². The minimum Gasteiger partial charge on any atom is -0.489 e. The van der Waals surface area contributed by atoms with Crippen molar-refractivity contribution in [2.45, 2.75) is 6.92 Å². The molecule has 0 spiro atoms. The SMILES string of the molecule is CCOCCOCCOCCOCCOCCOc1cc2ncnc(Nc3cccc(I)c3)c2cc1NC(=O)COC. The summed E-state index contributed by atoms with van der Waals surface area (Å²) in [4.78, 5) is 21.2. The molecule has 0 bridgehead atoms. The third-order valence-corrected chi connectivity index (χ3v) is 6.22. The highest BCUT2D eigenvalue weighted by Gasteiger charge is 2.14. The second kappa shape index (κ2) is 20.3. The van der Waals surface area contributed by atoms with E-state index in [2.05, 4.69) is 43.2 Å². The van der Waals surface area contributed by atoms with Crippen molar-refractivity contribution in [2.24, 2.45) is 0 Å². The molecule has 3 aromatic rings. The molecule has 230 valence electrons. The summed E-state index contributed by atoms with van der Waals surface area (Å²) in [5, 5.41) is 6.90. The van der Waals surface area contributed by atoms with Gasteiger partial charge in [-0.05, 0) is 53.8 Å². The van der Waals surface area contributed by atoms with Crippen LogP contribution in [0.25, 0.3) is 10.9 Å². The van der Waals surface area contributed by atoms with Gasteiger partial charge in [0.2, 0.25) is 5.91 Å². The maximum Gasteiger partial charge on any atom is 0.250 e. The Hall–Kier alpha value is -2.66. The molecule has 0 radical (unpaired) electrons. The zero-order valence-electron chi connectivity index (χ0n) is 24.1. The van der Waals surface area contributed by atoms with Crippen molar-refractivity contribution in [1.29, 1.82) is 0 Å². The van der Waals surface area contributed by atoms with E-state index in [0.29, 0.717) is 88.8 Å². The van der Waals surface area contributed by atoms with Crippen LogP contribution in [0.5, 0.6) is 5.75 Å². The number of hydrogen-bond acceptors (Lipinski definition) is 11. The van der Waals surface area contributed by atoms with Crippen molar-refractivity contribution in [3.63, 3.8) is 0 Å². The Morgan fingerprint density at radius 2 is 1.48 bits per heavy atom. The summed E-state index contributed by atoms with van der Waals surface area (Å²) >= 11 is 2.25. The van der Waals surface area contributed by atoms with Crippen LogP contribution >= 0.6 is 22.6 Å². The van der Waals surface area contributed by atoms with E-state index in [1.54, 1.807) is 12.1 Å². The maximum absolute atomic E-state index is 12.3. The molecule has 1 heterocycles. The fourth-order valence-electron chi connectivity index (χ4n) is 3.66. The van der Waals surface area contributed by atoms with Crippen LogP contribution in [0.4, 0.5) is 17.2 Å². The first-order chi connectivity index (χ1) is 20.6. The number of rotatable bonds is 22. The number of aromatic nitrogens is 2. The van der Waals surface area contributed by atoms with E-state index in [1.807, 2.05) is 31.2 Å². The molecule has 0 aliphatic rings. The number of benzene rings is 2. The van der Waals surface area contributed by atoms with E-state index in [4.69, 9.17) is 33.2 Å². The van der Waals surface area contributed by atoms with Crippen molar-refractivity contribution in [3.05, 3.63) is 46.3 Å². The number of ether oxygens (including phenoxy) is 7. The van der Waals surface area contributed by atoms with Gasteiger partial charge in [-0.25, -0.2) is 9.97 Å². The molecule has 3 rings (SSSR count). The number of nitrogens with zero attached hydrogens (tertiary/aromatic N) is 2. The van der Waals surface area contributed by atoms with E-state index < -0.39 is 0 Å². The molecule has 0 aliphatic carbocycles. The normalized spacial score (nSPS) is 11.1. The summed E-state index contributed by atoms with van der Waals surface area (Å²) in [6.45, 7) is 7.20. The summed E-state index contributed by atoms with van der Waals surface area (Å²) in [7, 11) is 1.46. The van der Waals surface area contributed by atoms with Crippen LogP contribution in [0.1, 0.15) is 6.92 Å². The predicted octanol–water partition coefficient (Wildman–Crippen LogP) is 4.04. The average molecular weight is 699 g/mol. The molecule has 0 aliphatic heterocycles. The second-order valence-electron chi connectivity index (χ2n) is 8.70. The first kappa shape index (κ1) is 33.8. The fourth-order valence-corrected chi connectivity index (χ4v) is 4.20. The summed E-state index contributed by atoms with van der Waals surface area (Å²) < 4.78 is 39.2. The molecular weight excluding hydrogens is 659 g/mol. The Labute approximate surface area is 259 Å². The van der Waals surface area contributed by atoms with Crippen LogP contribution in [0.15, 0.2) is 42.7 Å². The number of carbonyl (C=O) groups is 1. The molecule has 0 unspecified atom stereocenters. The molecule has 13 heteroatoms. The van der Waals surface area contributed by atoms with Gasteiger partial charge in [0.1, 0.15) is 31.1 Å². The zero-order valence-corrected chi connectivity index (χ0v) is 26.2. The Balaban J connectivity index is 1.44. The van der Waals surface area contributed by atoms with Gasteiger partial charge in [0, 0.05) is 34.4 Å². The number of anilines is 3. The highest BCUT2D eigenvalue weighted by atomic mass is 127. The topological polar surface area (TPSA) is 132 Å². The van der Waals surface area contributed by atoms with Gasteiger partial charge in [0.15, 0.2) is 0 Å². The quantitative estimate of drug-likeness (QED) is 0.116. The molecule has 12 nitrogen and oxygen atoms in total.